The van der Waals surface area contributed by atoms with Gasteiger partial charge < -0.3 is 10.1 Å². The molecule has 2 rings (SSSR count). The van der Waals surface area contributed by atoms with E-state index in [0.717, 1.165) is 0 Å². The zero-order chi connectivity index (χ0) is 16.3. The standard InChI is InChI=1S/C13H12Cl2N4O3/c1-7(2)22-13-11(19(20)21)12(16-6-17-13)18-10-4-8(14)3-9(15)5-10/h3-7H,1-2H3,(H,16,17,18). The third-order valence-corrected chi connectivity index (χ3v) is 2.88. The lowest BCUT2D eigenvalue weighted by atomic mass is 10.3. The van der Waals surface area contributed by atoms with E-state index in [1.54, 1.807) is 32.0 Å². The first-order valence-corrected chi connectivity index (χ1v) is 7.01. The van der Waals surface area contributed by atoms with Crippen LogP contribution < -0.4 is 10.1 Å². The maximum absolute atomic E-state index is 11.3. The van der Waals surface area contributed by atoms with Crippen molar-refractivity contribution in [1.29, 1.82) is 0 Å². The van der Waals surface area contributed by atoms with Gasteiger partial charge in [0.1, 0.15) is 6.33 Å². The molecule has 0 radical (unpaired) electrons. The Balaban J connectivity index is 2.43. The molecule has 2 aromatic rings. The van der Waals surface area contributed by atoms with Gasteiger partial charge in [0, 0.05) is 15.7 Å². The molecule has 1 aromatic heterocycles. The van der Waals surface area contributed by atoms with Gasteiger partial charge in [0.25, 0.3) is 5.88 Å². The Hall–Kier alpha value is -2.12. The molecule has 0 bridgehead atoms. The largest absolute Gasteiger partial charge is 0.470 e. The van der Waals surface area contributed by atoms with Crippen LogP contribution >= 0.6 is 23.2 Å². The molecule has 116 valence electrons. The molecule has 0 saturated heterocycles. The first-order chi connectivity index (χ1) is 10.4. The molecule has 1 aromatic carbocycles. The average Bonchev–Trinajstić information content (AvgIpc) is 2.36. The third-order valence-electron chi connectivity index (χ3n) is 2.44. The molecular weight excluding hydrogens is 331 g/mol. The molecule has 1 heterocycles. The first-order valence-electron chi connectivity index (χ1n) is 6.26. The van der Waals surface area contributed by atoms with E-state index in [1.165, 1.54) is 6.33 Å². The van der Waals surface area contributed by atoms with Gasteiger partial charge in [-0.3, -0.25) is 10.1 Å². The van der Waals surface area contributed by atoms with E-state index in [0.29, 0.717) is 15.7 Å². The third kappa shape index (κ3) is 3.96. The summed E-state index contributed by atoms with van der Waals surface area (Å²) in [5.41, 5.74) is 0.113. The summed E-state index contributed by atoms with van der Waals surface area (Å²) < 4.78 is 5.35. The number of hydrogen-bond donors (Lipinski definition) is 1. The van der Waals surface area contributed by atoms with Gasteiger partial charge in [0.05, 0.1) is 11.0 Å². The zero-order valence-electron chi connectivity index (χ0n) is 11.7. The quantitative estimate of drug-likeness (QED) is 0.646. The highest BCUT2D eigenvalue weighted by Gasteiger charge is 2.25. The fourth-order valence-electron chi connectivity index (χ4n) is 1.69. The Kier molecular flexibility index (Phi) is 4.99. The van der Waals surface area contributed by atoms with E-state index >= 15 is 0 Å². The fraction of sp³-hybridized carbons (Fsp3) is 0.231. The number of nitro groups is 1. The van der Waals surface area contributed by atoms with Crippen LogP contribution in [0.2, 0.25) is 10.0 Å². The number of benzene rings is 1. The van der Waals surface area contributed by atoms with Crippen LogP contribution in [0.3, 0.4) is 0 Å². The smallest absolute Gasteiger partial charge is 0.373 e. The molecule has 22 heavy (non-hydrogen) atoms. The number of hydrogen-bond acceptors (Lipinski definition) is 6. The molecule has 0 unspecified atom stereocenters. The minimum Gasteiger partial charge on any atom is -0.470 e. The molecule has 0 fully saturated rings. The number of anilines is 2. The van der Waals surface area contributed by atoms with Crippen LogP contribution in [0.25, 0.3) is 0 Å². The van der Waals surface area contributed by atoms with E-state index in [4.69, 9.17) is 27.9 Å². The highest BCUT2D eigenvalue weighted by Crippen LogP contribution is 2.34. The summed E-state index contributed by atoms with van der Waals surface area (Å²) in [6.07, 6.45) is 0.918. The second-order valence-electron chi connectivity index (χ2n) is 4.58. The van der Waals surface area contributed by atoms with Crippen molar-refractivity contribution in [1.82, 2.24) is 9.97 Å². The van der Waals surface area contributed by atoms with Crippen molar-refractivity contribution < 1.29 is 9.66 Å². The van der Waals surface area contributed by atoms with Crippen LogP contribution in [0.4, 0.5) is 17.2 Å². The minimum absolute atomic E-state index is 0.00557. The van der Waals surface area contributed by atoms with Crippen LogP contribution in [-0.4, -0.2) is 21.0 Å². The van der Waals surface area contributed by atoms with Crippen molar-refractivity contribution in [2.75, 3.05) is 5.32 Å². The van der Waals surface area contributed by atoms with Crippen molar-refractivity contribution in [2.45, 2.75) is 20.0 Å². The van der Waals surface area contributed by atoms with Crippen molar-refractivity contribution in [2.24, 2.45) is 0 Å². The summed E-state index contributed by atoms with van der Waals surface area (Å²) in [4.78, 5) is 18.4. The summed E-state index contributed by atoms with van der Waals surface area (Å²) in [7, 11) is 0. The van der Waals surface area contributed by atoms with Crippen LogP contribution in [0.5, 0.6) is 5.88 Å². The van der Waals surface area contributed by atoms with Crippen molar-refractivity contribution >= 4 is 40.4 Å². The van der Waals surface area contributed by atoms with Crippen molar-refractivity contribution in [3.63, 3.8) is 0 Å². The Labute approximate surface area is 136 Å². The van der Waals surface area contributed by atoms with Gasteiger partial charge in [0.15, 0.2) is 0 Å². The maximum atomic E-state index is 11.3. The lowest BCUT2D eigenvalue weighted by Gasteiger charge is -2.11. The van der Waals surface area contributed by atoms with Crippen molar-refractivity contribution in [3.8, 4) is 5.88 Å². The summed E-state index contributed by atoms with van der Waals surface area (Å²) in [6, 6.07) is 4.69. The second-order valence-corrected chi connectivity index (χ2v) is 5.46. The second kappa shape index (κ2) is 6.76. The lowest BCUT2D eigenvalue weighted by Crippen LogP contribution is -2.10. The average molecular weight is 343 g/mol. The van der Waals surface area contributed by atoms with Gasteiger partial charge in [-0.15, -0.1) is 0 Å². The van der Waals surface area contributed by atoms with Crippen LogP contribution in [0.15, 0.2) is 24.5 Å². The molecule has 0 aliphatic rings. The highest BCUT2D eigenvalue weighted by atomic mass is 35.5. The van der Waals surface area contributed by atoms with E-state index in [9.17, 15) is 10.1 Å². The molecule has 0 aliphatic carbocycles. The summed E-state index contributed by atoms with van der Waals surface area (Å²) >= 11 is 11.8. The predicted octanol–water partition coefficient (Wildman–Crippen LogP) is 4.22. The Morgan fingerprint density at radius 1 is 1.23 bits per heavy atom. The van der Waals surface area contributed by atoms with Crippen LogP contribution in [-0.2, 0) is 0 Å². The monoisotopic (exact) mass is 342 g/mol. The topological polar surface area (TPSA) is 90.2 Å². The molecular formula is C13H12Cl2N4O3. The number of nitrogens with zero attached hydrogens (tertiary/aromatic N) is 3. The minimum atomic E-state index is -0.605. The van der Waals surface area contributed by atoms with Gasteiger partial charge in [-0.1, -0.05) is 23.2 Å². The molecule has 0 amide bonds. The van der Waals surface area contributed by atoms with Crippen molar-refractivity contribution in [3.05, 3.63) is 44.7 Å². The SMILES string of the molecule is CC(C)Oc1ncnc(Nc2cc(Cl)cc(Cl)c2)c1[N+](=O)[O-]. The summed E-state index contributed by atoms with van der Waals surface area (Å²) in [5.74, 6) is -0.111. The highest BCUT2D eigenvalue weighted by molar-refractivity contribution is 6.35. The number of halogens is 2. The number of rotatable bonds is 5. The molecule has 7 nitrogen and oxygen atoms in total. The molecule has 0 atom stereocenters. The summed E-state index contributed by atoms with van der Waals surface area (Å²) in [6.45, 7) is 3.49. The van der Waals surface area contributed by atoms with E-state index in [-0.39, 0.29) is 23.5 Å². The van der Waals surface area contributed by atoms with Crippen LogP contribution in [0.1, 0.15) is 13.8 Å². The van der Waals surface area contributed by atoms with Gasteiger partial charge in [-0.05, 0) is 32.0 Å². The molecule has 0 spiro atoms. The van der Waals surface area contributed by atoms with E-state index in [1.807, 2.05) is 0 Å². The van der Waals surface area contributed by atoms with Crippen LogP contribution in [0, 0.1) is 10.1 Å². The Morgan fingerprint density at radius 3 is 2.41 bits per heavy atom. The predicted molar refractivity (Wildman–Crippen MR) is 84.2 cm³/mol. The van der Waals surface area contributed by atoms with Gasteiger partial charge in [-0.2, -0.15) is 4.98 Å². The van der Waals surface area contributed by atoms with Gasteiger partial charge in [0.2, 0.25) is 5.82 Å². The van der Waals surface area contributed by atoms with Gasteiger partial charge >= 0.3 is 5.69 Å². The molecule has 0 aliphatic heterocycles. The number of aromatic nitrogens is 2. The molecule has 0 saturated carbocycles. The fourth-order valence-corrected chi connectivity index (χ4v) is 2.22. The normalized spacial score (nSPS) is 10.6. The Bertz CT molecular complexity index is 689. The number of ether oxygens (including phenoxy) is 1. The summed E-state index contributed by atoms with van der Waals surface area (Å²) in [5, 5.41) is 14.9. The maximum Gasteiger partial charge on any atom is 0.373 e. The lowest BCUT2D eigenvalue weighted by molar-refractivity contribution is -0.385. The van der Waals surface area contributed by atoms with E-state index in [2.05, 4.69) is 15.3 Å². The van der Waals surface area contributed by atoms with Gasteiger partial charge in [-0.25, -0.2) is 4.98 Å². The zero-order valence-corrected chi connectivity index (χ0v) is 13.2. The molecule has 9 heteroatoms. The molecule has 1 N–H and O–H groups in total. The van der Waals surface area contributed by atoms with E-state index < -0.39 is 4.92 Å². The number of nitrogens with one attached hydrogen (secondary N) is 1. The first kappa shape index (κ1) is 16.3. The Morgan fingerprint density at radius 2 is 1.86 bits per heavy atom.